The first-order valence-electron chi connectivity index (χ1n) is 5.13. The molecule has 1 atom stereocenters. The van der Waals surface area contributed by atoms with Gasteiger partial charge in [-0.05, 0) is 41.3 Å². The molecular weight excluding hydrogens is 192 g/mol. The minimum Gasteiger partial charge on any atom is -0.327 e. The molecule has 2 aromatic rings. The highest BCUT2D eigenvalue weighted by Gasteiger charge is 2.28. The number of fused-ring (bicyclic) bond motifs is 1. The SMILES string of the molecule is NC(Cc1ccc2nnnn2n1)C1CC1. The van der Waals surface area contributed by atoms with Crippen molar-refractivity contribution < 1.29 is 0 Å². The van der Waals surface area contributed by atoms with Crippen LogP contribution in [-0.2, 0) is 6.42 Å². The lowest BCUT2D eigenvalue weighted by molar-refractivity contribution is 0.572. The van der Waals surface area contributed by atoms with Gasteiger partial charge in [-0.1, -0.05) is 0 Å². The summed E-state index contributed by atoms with van der Waals surface area (Å²) in [6.07, 6.45) is 3.32. The van der Waals surface area contributed by atoms with Gasteiger partial charge in [-0.25, -0.2) is 0 Å². The van der Waals surface area contributed by atoms with E-state index in [1.54, 1.807) is 0 Å². The molecular formula is C9H12N6. The van der Waals surface area contributed by atoms with Crippen LogP contribution in [0.1, 0.15) is 18.5 Å². The van der Waals surface area contributed by atoms with Crippen molar-refractivity contribution in [2.45, 2.75) is 25.3 Å². The average Bonchev–Trinajstić information content (AvgIpc) is 2.98. The highest BCUT2D eigenvalue weighted by molar-refractivity contribution is 5.33. The van der Waals surface area contributed by atoms with Crippen molar-refractivity contribution in [1.82, 2.24) is 25.3 Å². The Hall–Kier alpha value is -1.56. The molecule has 2 N–H and O–H groups in total. The molecule has 78 valence electrons. The first kappa shape index (κ1) is 8.72. The second-order valence-electron chi connectivity index (χ2n) is 4.06. The Balaban J connectivity index is 1.83. The molecule has 2 aromatic heterocycles. The zero-order valence-corrected chi connectivity index (χ0v) is 8.24. The maximum Gasteiger partial charge on any atom is 0.199 e. The second kappa shape index (κ2) is 3.23. The average molecular weight is 204 g/mol. The number of hydrogen-bond donors (Lipinski definition) is 1. The monoisotopic (exact) mass is 204 g/mol. The molecule has 0 bridgehead atoms. The molecule has 6 nitrogen and oxygen atoms in total. The zero-order valence-electron chi connectivity index (χ0n) is 8.24. The third-order valence-corrected chi connectivity index (χ3v) is 2.80. The summed E-state index contributed by atoms with van der Waals surface area (Å²) >= 11 is 0. The van der Waals surface area contributed by atoms with Crippen molar-refractivity contribution in [1.29, 1.82) is 0 Å². The maximum atomic E-state index is 6.03. The molecule has 1 aliphatic carbocycles. The standard InChI is InChI=1S/C9H12N6/c10-8(6-1-2-6)5-7-3-4-9-11-13-14-15(9)12-7/h3-4,6,8H,1-2,5,10H2. The Labute approximate surface area is 86.5 Å². The summed E-state index contributed by atoms with van der Waals surface area (Å²) in [5.41, 5.74) is 7.65. The summed E-state index contributed by atoms with van der Waals surface area (Å²) in [7, 11) is 0. The van der Waals surface area contributed by atoms with Crippen molar-refractivity contribution in [3.63, 3.8) is 0 Å². The predicted molar refractivity (Wildman–Crippen MR) is 53.0 cm³/mol. The van der Waals surface area contributed by atoms with E-state index >= 15 is 0 Å². The molecule has 6 heteroatoms. The van der Waals surface area contributed by atoms with Gasteiger partial charge < -0.3 is 5.73 Å². The Morgan fingerprint density at radius 1 is 1.47 bits per heavy atom. The molecule has 0 radical (unpaired) electrons. The van der Waals surface area contributed by atoms with Crippen LogP contribution in [0, 0.1) is 5.92 Å². The Kier molecular flexibility index (Phi) is 1.88. The van der Waals surface area contributed by atoms with Crippen molar-refractivity contribution in [2.24, 2.45) is 11.7 Å². The van der Waals surface area contributed by atoms with Crippen LogP contribution in [-0.4, -0.2) is 31.3 Å². The quantitative estimate of drug-likeness (QED) is 0.748. The van der Waals surface area contributed by atoms with Gasteiger partial charge in [0.1, 0.15) is 0 Å². The third-order valence-electron chi connectivity index (χ3n) is 2.80. The van der Waals surface area contributed by atoms with Crippen LogP contribution in [0.2, 0.25) is 0 Å². The van der Waals surface area contributed by atoms with E-state index in [4.69, 9.17) is 5.73 Å². The van der Waals surface area contributed by atoms with E-state index in [0.717, 1.165) is 12.1 Å². The summed E-state index contributed by atoms with van der Waals surface area (Å²) in [6, 6.07) is 4.03. The van der Waals surface area contributed by atoms with Gasteiger partial charge in [-0.2, -0.15) is 5.10 Å². The smallest absolute Gasteiger partial charge is 0.199 e. The number of rotatable bonds is 3. The van der Waals surface area contributed by atoms with E-state index in [1.165, 1.54) is 17.5 Å². The van der Waals surface area contributed by atoms with E-state index in [1.807, 2.05) is 12.1 Å². The number of nitrogens with two attached hydrogens (primary N) is 1. The molecule has 1 unspecified atom stereocenters. The first-order valence-corrected chi connectivity index (χ1v) is 5.13. The minimum atomic E-state index is 0.228. The molecule has 3 rings (SSSR count). The largest absolute Gasteiger partial charge is 0.327 e. The minimum absolute atomic E-state index is 0.228. The highest BCUT2D eigenvalue weighted by atomic mass is 15.6. The van der Waals surface area contributed by atoms with Crippen LogP contribution in [0.5, 0.6) is 0 Å². The predicted octanol–water partition coefficient (Wildman–Crippen LogP) is -0.201. The summed E-state index contributed by atoms with van der Waals surface area (Å²) in [4.78, 5) is 0. The Bertz CT molecular complexity index is 474. The topological polar surface area (TPSA) is 82.0 Å². The molecule has 2 heterocycles. The molecule has 15 heavy (non-hydrogen) atoms. The number of nitrogens with zero attached hydrogens (tertiary/aromatic N) is 5. The summed E-state index contributed by atoms with van der Waals surface area (Å²) in [6.45, 7) is 0. The third kappa shape index (κ3) is 1.68. The highest BCUT2D eigenvalue weighted by Crippen LogP contribution is 2.32. The van der Waals surface area contributed by atoms with Gasteiger partial charge >= 0.3 is 0 Å². The number of hydrogen-bond acceptors (Lipinski definition) is 5. The molecule has 1 aliphatic rings. The molecule has 0 amide bonds. The zero-order chi connectivity index (χ0) is 10.3. The lowest BCUT2D eigenvalue weighted by Gasteiger charge is -2.08. The van der Waals surface area contributed by atoms with Crippen molar-refractivity contribution in [3.8, 4) is 0 Å². The molecule has 1 fully saturated rings. The lowest BCUT2D eigenvalue weighted by atomic mass is 10.1. The molecule has 0 aromatic carbocycles. The van der Waals surface area contributed by atoms with Crippen molar-refractivity contribution in [2.75, 3.05) is 0 Å². The lowest BCUT2D eigenvalue weighted by Crippen LogP contribution is -2.25. The van der Waals surface area contributed by atoms with Gasteiger partial charge in [0, 0.05) is 12.5 Å². The van der Waals surface area contributed by atoms with E-state index in [9.17, 15) is 0 Å². The first-order chi connectivity index (χ1) is 7.33. The summed E-state index contributed by atoms with van der Waals surface area (Å²) in [5, 5.41) is 15.4. The van der Waals surface area contributed by atoms with E-state index in [0.29, 0.717) is 11.6 Å². The Morgan fingerprint density at radius 3 is 3.13 bits per heavy atom. The summed E-state index contributed by atoms with van der Waals surface area (Å²) in [5.74, 6) is 0.691. The van der Waals surface area contributed by atoms with Crippen LogP contribution in [0.25, 0.3) is 5.65 Å². The number of tetrazole rings is 1. The van der Waals surface area contributed by atoms with E-state index in [-0.39, 0.29) is 6.04 Å². The van der Waals surface area contributed by atoms with Crippen LogP contribution in [0.4, 0.5) is 0 Å². The second-order valence-corrected chi connectivity index (χ2v) is 4.06. The van der Waals surface area contributed by atoms with Crippen LogP contribution < -0.4 is 5.73 Å². The van der Waals surface area contributed by atoms with Gasteiger partial charge in [-0.3, -0.25) is 0 Å². The number of aromatic nitrogens is 5. The summed E-state index contributed by atoms with van der Waals surface area (Å²) < 4.78 is 1.44. The molecule has 0 aliphatic heterocycles. The van der Waals surface area contributed by atoms with Crippen LogP contribution >= 0.6 is 0 Å². The maximum absolute atomic E-state index is 6.03. The van der Waals surface area contributed by atoms with E-state index in [2.05, 4.69) is 20.6 Å². The van der Waals surface area contributed by atoms with Crippen LogP contribution in [0.3, 0.4) is 0 Å². The van der Waals surface area contributed by atoms with Crippen molar-refractivity contribution >= 4 is 5.65 Å². The normalized spacial score (nSPS) is 18.2. The fraction of sp³-hybridized carbons (Fsp3) is 0.556. The van der Waals surface area contributed by atoms with Crippen molar-refractivity contribution in [3.05, 3.63) is 17.8 Å². The fourth-order valence-corrected chi connectivity index (χ4v) is 1.73. The van der Waals surface area contributed by atoms with Crippen LogP contribution in [0.15, 0.2) is 12.1 Å². The van der Waals surface area contributed by atoms with Gasteiger partial charge in [0.25, 0.3) is 0 Å². The molecule has 0 spiro atoms. The Morgan fingerprint density at radius 2 is 2.33 bits per heavy atom. The van der Waals surface area contributed by atoms with Gasteiger partial charge in [0.2, 0.25) is 0 Å². The molecule has 1 saturated carbocycles. The van der Waals surface area contributed by atoms with E-state index < -0.39 is 0 Å². The fourth-order valence-electron chi connectivity index (χ4n) is 1.73. The molecule has 0 saturated heterocycles. The van der Waals surface area contributed by atoms with Gasteiger partial charge in [-0.15, -0.1) is 9.73 Å². The van der Waals surface area contributed by atoms with Gasteiger partial charge in [0.05, 0.1) is 5.69 Å². The van der Waals surface area contributed by atoms with Gasteiger partial charge in [0.15, 0.2) is 5.65 Å².